The first-order valence-electron chi connectivity index (χ1n) is 48.9. The first kappa shape index (κ1) is 81.5. The van der Waals surface area contributed by atoms with Gasteiger partial charge in [0.1, 0.15) is 0 Å². The van der Waals surface area contributed by atoms with Gasteiger partial charge in [0, 0.05) is 98.6 Å². The maximum Gasteiger partial charge on any atom is 0.0547 e. The molecule has 0 aliphatic rings. The summed E-state index contributed by atoms with van der Waals surface area (Å²) < 4.78 is 14.4. The van der Waals surface area contributed by atoms with Crippen LogP contribution in [-0.2, 0) is 0 Å². The highest BCUT2D eigenvalue weighted by Gasteiger charge is 2.24. The average Bonchev–Trinajstić information content (AvgIpc) is 1.65. The molecule has 0 radical (unpaired) electrons. The lowest BCUT2D eigenvalue weighted by Gasteiger charge is -2.14. The van der Waals surface area contributed by atoms with Gasteiger partial charge in [-0.25, -0.2) is 0 Å². The number of hydrogen-bond acceptors (Lipinski definition) is 0. The van der Waals surface area contributed by atoms with Gasteiger partial charge in [0.05, 0.1) is 71.9 Å². The van der Waals surface area contributed by atoms with Gasteiger partial charge < -0.3 is 27.4 Å². The summed E-state index contributed by atoms with van der Waals surface area (Å²) in [6, 6.07) is 194. The number of hydrogen-bond donors (Lipinski definition) is 0. The van der Waals surface area contributed by atoms with Crippen LogP contribution in [0.1, 0.15) is 0 Å². The van der Waals surface area contributed by atoms with E-state index in [-0.39, 0.29) is 0 Å². The molecular weight excluding hydrogens is 1720 g/mol. The third-order valence-corrected chi connectivity index (χ3v) is 29.5. The molecule has 0 N–H and O–H groups in total. The summed E-state index contributed by atoms with van der Waals surface area (Å²) in [4.78, 5) is 0. The SMILES string of the molecule is c1ccc(-c2ccc(-n3c4ccccc4c4cc(-c5ccc6c(c5)c5ccccc5n6-c5ccccc5-c5ccccc5)ccc43)cc2)cc1.c1ccc(-n2c3ccccc3c3cc(-c4ccc5c(c4)c4ccccc4n5-c4ccc5ccccc5c4)ccc32)cc1.c1ccc(-n2c3ccccc3c3ccc(-c4ccc5c6ccccc6n(-c6ccc7c8ccccc8c8ccccc8c7c6)c5c4)cc32)cc1. The van der Waals surface area contributed by atoms with Gasteiger partial charge >= 0.3 is 0 Å². The van der Waals surface area contributed by atoms with E-state index < -0.39 is 0 Å². The maximum absolute atomic E-state index is 2.46. The molecule has 0 saturated carbocycles. The predicted molar refractivity (Wildman–Crippen MR) is 603 cm³/mol. The van der Waals surface area contributed by atoms with Crippen LogP contribution in [-0.4, -0.2) is 27.4 Å². The molecule has 24 aromatic carbocycles. The molecule has 0 spiro atoms. The Kier molecular flexibility index (Phi) is 19.2. The highest BCUT2D eigenvalue weighted by atomic mass is 15.0. The quantitative estimate of drug-likeness (QED) is 0.116. The van der Waals surface area contributed by atoms with Gasteiger partial charge in [-0.05, 0) is 257 Å². The van der Waals surface area contributed by atoms with Gasteiger partial charge in [-0.15, -0.1) is 0 Å². The van der Waals surface area contributed by atoms with Gasteiger partial charge in [-0.2, -0.15) is 0 Å². The Balaban J connectivity index is 0.000000105. The molecule has 0 saturated heterocycles. The number of aromatic nitrogens is 6. The molecule has 0 amide bonds. The molecule has 662 valence electrons. The second-order valence-electron chi connectivity index (χ2n) is 37.3. The predicted octanol–water partition coefficient (Wildman–Crippen LogP) is 36.6. The van der Waals surface area contributed by atoms with E-state index in [2.05, 4.69) is 561 Å². The van der Waals surface area contributed by atoms with Crippen LogP contribution in [0.15, 0.2) is 534 Å². The summed E-state index contributed by atoms with van der Waals surface area (Å²) in [6.07, 6.45) is 0. The lowest BCUT2D eigenvalue weighted by atomic mass is 9.94. The number of rotatable bonds is 11. The minimum Gasteiger partial charge on any atom is -0.309 e. The molecule has 0 unspecified atom stereocenters. The fourth-order valence-corrected chi connectivity index (χ4v) is 23.0. The zero-order valence-electron chi connectivity index (χ0n) is 77.5. The smallest absolute Gasteiger partial charge is 0.0547 e. The van der Waals surface area contributed by atoms with E-state index >= 15 is 0 Å². The standard InChI is InChI=1S/C48H30N2.C48H32N2.C40H26N2/c1-2-12-33(13-3-1)49-45-20-10-8-18-40(45)42-25-22-31(28-47(42)49)32-23-26-43-41-19-9-11-21-46(41)50(48(43)29-32)34-24-27-39-37-16-5-4-14-35(37)36-15-6-7-17-38(36)44(39)30-34;1-3-13-33(14-4-1)34-23-27-38(28-24-34)49-45-21-11-8-18-40(45)42-31-36(25-29-47(42)49)37-26-30-48-43(32-37)41-19-9-12-22-46(41)50(48)44-20-10-7-17-39(44)35-15-5-2-6-16-35;1-2-12-31(13-3-1)41-37-16-8-6-14-33(37)35-25-29(19-22-39(35)41)30-20-23-40-36(26-30)34-15-7-9-17-38(34)42(40)32-21-18-27-10-4-5-11-28(27)24-32/h1-30H;1-32H;1-26H. The fraction of sp³-hybridized carbons (Fsp3) is 0. The van der Waals surface area contributed by atoms with E-state index in [0.717, 1.165) is 5.69 Å². The Morgan fingerprint density at radius 3 is 0.789 bits per heavy atom. The third kappa shape index (κ3) is 13.4. The molecule has 30 rings (SSSR count). The maximum atomic E-state index is 2.46. The average molecular weight is 1810 g/mol. The van der Waals surface area contributed by atoms with Gasteiger partial charge in [0.15, 0.2) is 0 Å². The fourth-order valence-electron chi connectivity index (χ4n) is 23.0. The number of benzene rings is 24. The summed E-state index contributed by atoms with van der Waals surface area (Å²) in [5, 5.41) is 25.4. The minimum atomic E-state index is 1.16. The second-order valence-corrected chi connectivity index (χ2v) is 37.3. The number of fused-ring (bicyclic) bond motifs is 25. The van der Waals surface area contributed by atoms with Crippen LogP contribution in [0.4, 0.5) is 0 Å². The monoisotopic (exact) mass is 1800 g/mol. The van der Waals surface area contributed by atoms with Crippen molar-refractivity contribution in [3.8, 4) is 89.8 Å². The Labute approximate surface area is 819 Å². The Morgan fingerprint density at radius 1 is 0.0986 bits per heavy atom. The Bertz CT molecular complexity index is 10300. The van der Waals surface area contributed by atoms with E-state index in [9.17, 15) is 0 Å². The van der Waals surface area contributed by atoms with Crippen molar-refractivity contribution in [3.63, 3.8) is 0 Å². The third-order valence-electron chi connectivity index (χ3n) is 29.5. The number of para-hydroxylation sites is 9. The van der Waals surface area contributed by atoms with Crippen LogP contribution in [0, 0.1) is 0 Å². The van der Waals surface area contributed by atoms with Crippen molar-refractivity contribution in [2.75, 3.05) is 0 Å². The van der Waals surface area contributed by atoms with E-state index in [1.54, 1.807) is 0 Å². The molecule has 6 heteroatoms. The van der Waals surface area contributed by atoms with Crippen LogP contribution in [0.25, 0.3) is 264 Å². The molecule has 6 aromatic heterocycles. The van der Waals surface area contributed by atoms with E-state index in [1.807, 2.05) is 0 Å². The molecule has 142 heavy (non-hydrogen) atoms. The largest absolute Gasteiger partial charge is 0.309 e. The van der Waals surface area contributed by atoms with Gasteiger partial charge in [-0.3, -0.25) is 0 Å². The zero-order chi connectivity index (χ0) is 93.4. The van der Waals surface area contributed by atoms with Crippen molar-refractivity contribution in [2.24, 2.45) is 0 Å². The van der Waals surface area contributed by atoms with Crippen molar-refractivity contribution >= 4 is 174 Å². The lowest BCUT2D eigenvalue weighted by Crippen LogP contribution is -1.97. The van der Waals surface area contributed by atoms with Crippen molar-refractivity contribution < 1.29 is 0 Å². The van der Waals surface area contributed by atoms with Crippen molar-refractivity contribution in [1.29, 1.82) is 0 Å². The first-order chi connectivity index (χ1) is 70.5. The van der Waals surface area contributed by atoms with E-state index in [1.165, 1.54) is 258 Å². The Hall–Kier alpha value is -18.9. The highest BCUT2D eigenvalue weighted by Crippen LogP contribution is 2.47. The molecule has 0 fully saturated rings. The highest BCUT2D eigenvalue weighted by molar-refractivity contribution is 6.26. The van der Waals surface area contributed by atoms with E-state index in [0.29, 0.717) is 0 Å². The molecule has 6 heterocycles. The van der Waals surface area contributed by atoms with Crippen molar-refractivity contribution in [3.05, 3.63) is 534 Å². The van der Waals surface area contributed by atoms with Crippen molar-refractivity contribution in [1.82, 2.24) is 27.4 Å². The molecule has 0 aliphatic carbocycles. The van der Waals surface area contributed by atoms with Crippen molar-refractivity contribution in [2.45, 2.75) is 0 Å². The molecule has 0 aliphatic heterocycles. The van der Waals surface area contributed by atoms with Crippen LogP contribution in [0.3, 0.4) is 0 Å². The Morgan fingerprint density at radius 2 is 0.345 bits per heavy atom. The van der Waals surface area contributed by atoms with Gasteiger partial charge in [0.25, 0.3) is 0 Å². The van der Waals surface area contributed by atoms with Gasteiger partial charge in [0.2, 0.25) is 0 Å². The van der Waals surface area contributed by atoms with Crippen LogP contribution in [0.2, 0.25) is 0 Å². The van der Waals surface area contributed by atoms with Crippen LogP contribution in [0.5, 0.6) is 0 Å². The van der Waals surface area contributed by atoms with Gasteiger partial charge in [-0.1, -0.05) is 370 Å². The molecule has 0 atom stereocenters. The summed E-state index contributed by atoms with van der Waals surface area (Å²) in [6.45, 7) is 0. The summed E-state index contributed by atoms with van der Waals surface area (Å²) in [7, 11) is 0. The first-order valence-corrected chi connectivity index (χ1v) is 48.9. The summed E-state index contributed by atoms with van der Waals surface area (Å²) in [5.41, 5.74) is 33.8. The second kappa shape index (κ2) is 33.5. The summed E-state index contributed by atoms with van der Waals surface area (Å²) >= 11 is 0. The molecular formula is C136H88N6. The normalized spacial score (nSPS) is 11.8. The molecule has 6 nitrogen and oxygen atoms in total. The number of nitrogens with zero attached hydrogens (tertiary/aromatic N) is 6. The van der Waals surface area contributed by atoms with Crippen LogP contribution < -0.4 is 0 Å². The summed E-state index contributed by atoms with van der Waals surface area (Å²) in [5.74, 6) is 0. The topological polar surface area (TPSA) is 29.6 Å². The minimum absolute atomic E-state index is 1.16. The van der Waals surface area contributed by atoms with Crippen LogP contribution >= 0.6 is 0 Å². The zero-order valence-corrected chi connectivity index (χ0v) is 77.5. The van der Waals surface area contributed by atoms with E-state index in [4.69, 9.17) is 0 Å². The lowest BCUT2D eigenvalue weighted by molar-refractivity contribution is 1.18. The molecule has 30 aromatic rings. The molecule has 0 bridgehead atoms.